The quantitative estimate of drug-likeness (QED) is 0.291. The molecule has 0 N–H and O–H groups in total. The van der Waals surface area contributed by atoms with E-state index in [0.717, 1.165) is 16.8 Å². The van der Waals surface area contributed by atoms with Crippen LogP contribution in [-0.2, 0) is 19.2 Å². The lowest BCUT2D eigenvalue weighted by Gasteiger charge is -2.22. The second-order valence-electron chi connectivity index (χ2n) is 9.78. The highest BCUT2D eigenvalue weighted by Crippen LogP contribution is 2.40. The number of fused-ring (bicyclic) bond motifs is 1. The maximum absolute atomic E-state index is 13.0. The largest absolute Gasteiger partial charge is 0.426 e. The fourth-order valence-electron chi connectivity index (χ4n) is 5.47. The number of rotatable bonds is 4. The number of esters is 1. The van der Waals surface area contributed by atoms with Crippen molar-refractivity contribution in [2.45, 2.75) is 33.6 Å². The Morgan fingerprint density at radius 3 is 2.43 bits per heavy atom. The molecule has 0 bridgehead atoms. The number of benzene rings is 2. The summed E-state index contributed by atoms with van der Waals surface area (Å²) in [7, 11) is 0. The number of ether oxygens (including phenoxy) is 1. The average Bonchev–Trinajstić information content (AvgIpc) is 3.32. The molecule has 2 aromatic carbocycles. The van der Waals surface area contributed by atoms with Crippen LogP contribution in [0.15, 0.2) is 54.6 Å². The summed E-state index contributed by atoms with van der Waals surface area (Å²) in [4.78, 5) is 54.2. The molecule has 2 fully saturated rings. The second kappa shape index (κ2) is 8.80. The van der Waals surface area contributed by atoms with Crippen molar-refractivity contribution in [3.8, 4) is 5.75 Å². The third-order valence-corrected chi connectivity index (χ3v) is 7.29. The minimum absolute atomic E-state index is 0.0211. The number of amides is 3. The minimum atomic E-state index is -0.568. The van der Waals surface area contributed by atoms with Gasteiger partial charge in [0.1, 0.15) is 5.75 Å². The normalized spacial score (nSPS) is 25.9. The lowest BCUT2D eigenvalue weighted by molar-refractivity contribution is -0.139. The Labute approximate surface area is 204 Å². The SMILES string of the molecule is Cc1ccc(N2C[C@H](C(=O)Oc3ccc(N4C(=O)[C@@H]5[C@@H](C)C=CC[C@H]5C4=O)cc3)CC2=O)c(C)c1. The van der Waals surface area contributed by atoms with Gasteiger partial charge in [-0.1, -0.05) is 36.8 Å². The Balaban J connectivity index is 1.26. The highest BCUT2D eigenvalue weighted by atomic mass is 16.5. The van der Waals surface area contributed by atoms with E-state index in [-0.39, 0.29) is 48.4 Å². The van der Waals surface area contributed by atoms with Crippen molar-refractivity contribution < 1.29 is 23.9 Å². The fourth-order valence-corrected chi connectivity index (χ4v) is 5.47. The van der Waals surface area contributed by atoms with Crippen molar-refractivity contribution in [1.29, 1.82) is 0 Å². The maximum Gasteiger partial charge on any atom is 0.316 e. The molecule has 0 unspecified atom stereocenters. The Morgan fingerprint density at radius 2 is 1.74 bits per heavy atom. The van der Waals surface area contributed by atoms with Gasteiger partial charge < -0.3 is 9.64 Å². The Morgan fingerprint density at radius 1 is 1.00 bits per heavy atom. The molecule has 7 heteroatoms. The van der Waals surface area contributed by atoms with Crippen LogP contribution >= 0.6 is 0 Å². The van der Waals surface area contributed by atoms with Gasteiger partial charge >= 0.3 is 5.97 Å². The van der Waals surface area contributed by atoms with E-state index in [9.17, 15) is 19.2 Å². The van der Waals surface area contributed by atoms with Crippen molar-refractivity contribution in [2.24, 2.45) is 23.7 Å². The highest BCUT2D eigenvalue weighted by molar-refractivity contribution is 6.22. The number of nitrogens with zero attached hydrogens (tertiary/aromatic N) is 2. The van der Waals surface area contributed by atoms with E-state index >= 15 is 0 Å². The summed E-state index contributed by atoms with van der Waals surface area (Å²) in [5.74, 6) is -1.83. The van der Waals surface area contributed by atoms with Crippen molar-refractivity contribution in [1.82, 2.24) is 0 Å². The first-order chi connectivity index (χ1) is 16.7. The van der Waals surface area contributed by atoms with Crippen LogP contribution in [0.5, 0.6) is 5.75 Å². The van der Waals surface area contributed by atoms with Crippen LogP contribution in [-0.4, -0.2) is 30.2 Å². The molecule has 2 saturated heterocycles. The van der Waals surface area contributed by atoms with Gasteiger partial charge in [-0.25, -0.2) is 0 Å². The molecule has 0 radical (unpaired) electrons. The number of allylic oxidation sites excluding steroid dienone is 2. The first-order valence-electron chi connectivity index (χ1n) is 12.0. The molecule has 2 aromatic rings. The molecule has 0 saturated carbocycles. The van der Waals surface area contributed by atoms with Crippen molar-refractivity contribution in [3.05, 3.63) is 65.7 Å². The van der Waals surface area contributed by atoms with E-state index < -0.39 is 11.9 Å². The van der Waals surface area contributed by atoms with Gasteiger partial charge in [0.05, 0.1) is 23.4 Å². The smallest absolute Gasteiger partial charge is 0.316 e. The van der Waals surface area contributed by atoms with Crippen LogP contribution in [0.1, 0.15) is 30.9 Å². The molecule has 35 heavy (non-hydrogen) atoms. The van der Waals surface area contributed by atoms with Crippen LogP contribution in [0.4, 0.5) is 11.4 Å². The van der Waals surface area contributed by atoms with E-state index in [0.29, 0.717) is 17.9 Å². The molecule has 1 aliphatic carbocycles. The summed E-state index contributed by atoms with van der Waals surface area (Å²) in [6.07, 6.45) is 4.63. The Bertz CT molecular complexity index is 1250. The number of hydrogen-bond acceptors (Lipinski definition) is 5. The van der Waals surface area contributed by atoms with E-state index in [1.165, 1.54) is 4.90 Å². The number of carbonyl (C=O) groups is 4. The zero-order valence-corrected chi connectivity index (χ0v) is 20.1. The summed E-state index contributed by atoms with van der Waals surface area (Å²) >= 11 is 0. The molecule has 7 nitrogen and oxygen atoms in total. The number of imide groups is 1. The molecule has 3 aliphatic rings. The summed E-state index contributed by atoms with van der Waals surface area (Å²) in [5.41, 5.74) is 3.38. The zero-order valence-electron chi connectivity index (χ0n) is 20.1. The van der Waals surface area contributed by atoms with Crippen LogP contribution in [0.25, 0.3) is 0 Å². The van der Waals surface area contributed by atoms with Gasteiger partial charge in [-0.05, 0) is 62.1 Å². The van der Waals surface area contributed by atoms with E-state index in [4.69, 9.17) is 4.74 Å². The van der Waals surface area contributed by atoms with Gasteiger partial charge in [0, 0.05) is 18.7 Å². The van der Waals surface area contributed by atoms with Gasteiger partial charge in [-0.15, -0.1) is 0 Å². The fraction of sp³-hybridized carbons (Fsp3) is 0.357. The van der Waals surface area contributed by atoms with Gasteiger partial charge in [0.2, 0.25) is 17.7 Å². The van der Waals surface area contributed by atoms with E-state index in [1.807, 2.05) is 51.1 Å². The monoisotopic (exact) mass is 472 g/mol. The van der Waals surface area contributed by atoms with Crippen LogP contribution < -0.4 is 14.5 Å². The number of anilines is 2. The standard InChI is InChI=1S/C28H28N2O5/c1-16-7-12-23(18(3)13-16)29-15-19(14-24(29)31)28(34)35-21-10-8-20(9-11-21)30-26(32)22-6-4-5-17(2)25(22)27(30)33/h4-5,7-13,17,19,22,25H,6,14-15H2,1-3H3/t17-,19+,22+,25+/m0/s1. The van der Waals surface area contributed by atoms with Crippen LogP contribution in [0.2, 0.25) is 0 Å². The molecule has 0 spiro atoms. The zero-order chi connectivity index (χ0) is 24.9. The topological polar surface area (TPSA) is 84.0 Å². The first-order valence-corrected chi connectivity index (χ1v) is 12.0. The third kappa shape index (κ3) is 4.05. The third-order valence-electron chi connectivity index (χ3n) is 7.29. The van der Waals surface area contributed by atoms with Crippen molar-refractivity contribution >= 4 is 35.1 Å². The molecular formula is C28H28N2O5. The van der Waals surface area contributed by atoms with Gasteiger partial charge in [-0.2, -0.15) is 0 Å². The molecule has 180 valence electrons. The summed E-state index contributed by atoms with van der Waals surface area (Å²) in [6, 6.07) is 12.3. The van der Waals surface area contributed by atoms with Crippen molar-refractivity contribution in [2.75, 3.05) is 16.3 Å². The lowest BCUT2D eigenvalue weighted by atomic mass is 9.78. The summed E-state index contributed by atoms with van der Waals surface area (Å²) in [5, 5.41) is 0. The molecule has 5 rings (SSSR count). The predicted octanol–water partition coefficient (Wildman–Crippen LogP) is 3.96. The molecule has 2 aliphatic heterocycles. The minimum Gasteiger partial charge on any atom is -0.426 e. The number of hydrogen-bond donors (Lipinski definition) is 0. The first kappa shape index (κ1) is 23.0. The maximum atomic E-state index is 13.0. The van der Waals surface area contributed by atoms with Crippen molar-refractivity contribution in [3.63, 3.8) is 0 Å². The predicted molar refractivity (Wildman–Crippen MR) is 131 cm³/mol. The number of carbonyl (C=O) groups excluding carboxylic acids is 4. The summed E-state index contributed by atoms with van der Waals surface area (Å²) < 4.78 is 5.55. The second-order valence-corrected chi connectivity index (χ2v) is 9.78. The van der Waals surface area contributed by atoms with Crippen LogP contribution in [0, 0.1) is 37.5 Å². The van der Waals surface area contributed by atoms with E-state index in [2.05, 4.69) is 0 Å². The number of aryl methyl sites for hydroxylation is 2. The van der Waals surface area contributed by atoms with Gasteiger partial charge in [0.25, 0.3) is 0 Å². The highest BCUT2D eigenvalue weighted by Gasteiger charge is 2.50. The van der Waals surface area contributed by atoms with E-state index in [1.54, 1.807) is 29.2 Å². The van der Waals surface area contributed by atoms with Gasteiger partial charge in [0.15, 0.2) is 0 Å². The molecular weight excluding hydrogens is 444 g/mol. The molecule has 0 aromatic heterocycles. The van der Waals surface area contributed by atoms with Gasteiger partial charge in [-0.3, -0.25) is 24.1 Å². The Kier molecular flexibility index (Phi) is 5.79. The lowest BCUT2D eigenvalue weighted by Crippen LogP contribution is -2.31. The molecule has 3 amide bonds. The molecule has 4 atom stereocenters. The van der Waals surface area contributed by atoms with Crippen LogP contribution in [0.3, 0.4) is 0 Å². The molecule has 2 heterocycles. The average molecular weight is 473 g/mol. The Hall–Kier alpha value is -3.74. The summed E-state index contributed by atoms with van der Waals surface area (Å²) in [6.45, 7) is 6.17.